The summed E-state index contributed by atoms with van der Waals surface area (Å²) in [7, 11) is 0. The highest BCUT2D eigenvalue weighted by atomic mass is 16.4. The van der Waals surface area contributed by atoms with Gasteiger partial charge in [0, 0.05) is 32.2 Å². The molecule has 0 atom stereocenters. The third-order valence-electron chi connectivity index (χ3n) is 3.20. The third-order valence-corrected chi connectivity index (χ3v) is 3.20. The maximum atomic E-state index is 11.7. The highest BCUT2D eigenvalue weighted by Crippen LogP contribution is 2.12. The van der Waals surface area contributed by atoms with Crippen molar-refractivity contribution in [2.75, 3.05) is 19.6 Å². The molecule has 1 fully saturated rings. The van der Waals surface area contributed by atoms with E-state index in [0.29, 0.717) is 18.2 Å². The van der Waals surface area contributed by atoms with Gasteiger partial charge in [-0.3, -0.25) is 9.47 Å². The maximum Gasteiger partial charge on any atom is 0.419 e. The van der Waals surface area contributed by atoms with Crippen LogP contribution in [0.25, 0.3) is 11.1 Å². The SMILES string of the molecule is NC1CN(CCn2c(=O)oc3ccccc32)C1. The molecule has 1 saturated heterocycles. The second-order valence-corrected chi connectivity index (χ2v) is 4.51. The number of nitrogens with zero attached hydrogens (tertiary/aromatic N) is 2. The Hall–Kier alpha value is -1.59. The summed E-state index contributed by atoms with van der Waals surface area (Å²) in [4.78, 5) is 13.9. The van der Waals surface area contributed by atoms with Crippen molar-refractivity contribution in [2.24, 2.45) is 5.73 Å². The molecule has 1 aliphatic heterocycles. The van der Waals surface area contributed by atoms with Crippen molar-refractivity contribution in [3.63, 3.8) is 0 Å². The molecule has 1 aromatic carbocycles. The van der Waals surface area contributed by atoms with Crippen molar-refractivity contribution >= 4 is 11.1 Å². The van der Waals surface area contributed by atoms with Gasteiger partial charge in [-0.2, -0.15) is 0 Å². The van der Waals surface area contributed by atoms with Crippen molar-refractivity contribution in [3.05, 3.63) is 34.8 Å². The van der Waals surface area contributed by atoms with Gasteiger partial charge in [-0.25, -0.2) is 4.79 Å². The smallest absolute Gasteiger partial charge is 0.408 e. The highest BCUT2D eigenvalue weighted by molar-refractivity contribution is 5.72. The number of benzene rings is 1. The van der Waals surface area contributed by atoms with Crippen LogP contribution in [-0.4, -0.2) is 35.1 Å². The van der Waals surface area contributed by atoms with Crippen LogP contribution >= 0.6 is 0 Å². The van der Waals surface area contributed by atoms with E-state index in [1.165, 1.54) is 0 Å². The fourth-order valence-corrected chi connectivity index (χ4v) is 2.26. The first-order chi connectivity index (χ1) is 8.24. The van der Waals surface area contributed by atoms with Crippen molar-refractivity contribution < 1.29 is 4.42 Å². The minimum atomic E-state index is -0.281. The molecule has 3 rings (SSSR count). The zero-order chi connectivity index (χ0) is 11.8. The fourth-order valence-electron chi connectivity index (χ4n) is 2.26. The Morgan fingerprint density at radius 3 is 2.82 bits per heavy atom. The Morgan fingerprint density at radius 1 is 1.29 bits per heavy atom. The minimum Gasteiger partial charge on any atom is -0.408 e. The Labute approximate surface area is 98.4 Å². The van der Waals surface area contributed by atoms with E-state index in [4.69, 9.17) is 10.2 Å². The molecular weight excluding hydrogens is 218 g/mol. The van der Waals surface area contributed by atoms with Gasteiger partial charge in [-0.15, -0.1) is 0 Å². The molecule has 1 aromatic heterocycles. The van der Waals surface area contributed by atoms with Crippen LogP contribution in [0.1, 0.15) is 0 Å². The molecule has 17 heavy (non-hydrogen) atoms. The lowest BCUT2D eigenvalue weighted by atomic mass is 10.1. The molecule has 2 N–H and O–H groups in total. The number of oxazole rings is 1. The van der Waals surface area contributed by atoms with Crippen LogP contribution < -0.4 is 11.5 Å². The number of para-hydroxylation sites is 2. The fraction of sp³-hybridized carbons (Fsp3) is 0.417. The lowest BCUT2D eigenvalue weighted by Crippen LogP contribution is -2.56. The lowest BCUT2D eigenvalue weighted by Gasteiger charge is -2.36. The molecule has 0 spiro atoms. The van der Waals surface area contributed by atoms with Crippen molar-refractivity contribution in [2.45, 2.75) is 12.6 Å². The Balaban J connectivity index is 1.80. The van der Waals surface area contributed by atoms with Crippen LogP contribution in [0.5, 0.6) is 0 Å². The summed E-state index contributed by atoms with van der Waals surface area (Å²) >= 11 is 0. The number of nitrogens with two attached hydrogens (primary N) is 1. The van der Waals surface area contributed by atoms with E-state index >= 15 is 0 Å². The molecule has 0 saturated carbocycles. The van der Waals surface area contributed by atoms with E-state index in [2.05, 4.69) is 4.90 Å². The molecule has 0 amide bonds. The molecule has 2 heterocycles. The van der Waals surface area contributed by atoms with Crippen molar-refractivity contribution in [1.29, 1.82) is 0 Å². The molecular formula is C12H15N3O2. The average molecular weight is 233 g/mol. The lowest BCUT2D eigenvalue weighted by molar-refractivity contribution is 0.145. The zero-order valence-electron chi connectivity index (χ0n) is 9.50. The monoisotopic (exact) mass is 233 g/mol. The Bertz CT molecular complexity index is 581. The topological polar surface area (TPSA) is 64.4 Å². The molecule has 1 aliphatic rings. The first-order valence-electron chi connectivity index (χ1n) is 5.80. The van der Waals surface area contributed by atoms with Crippen molar-refractivity contribution in [3.8, 4) is 0 Å². The summed E-state index contributed by atoms with van der Waals surface area (Å²) in [6.45, 7) is 3.34. The van der Waals surface area contributed by atoms with Gasteiger partial charge in [-0.05, 0) is 12.1 Å². The van der Waals surface area contributed by atoms with Gasteiger partial charge in [0.05, 0.1) is 5.52 Å². The van der Waals surface area contributed by atoms with Crippen LogP contribution in [0.4, 0.5) is 0 Å². The number of aromatic nitrogens is 1. The largest absolute Gasteiger partial charge is 0.419 e. The molecule has 90 valence electrons. The van der Waals surface area contributed by atoms with E-state index in [0.717, 1.165) is 25.2 Å². The number of hydrogen-bond donors (Lipinski definition) is 1. The van der Waals surface area contributed by atoms with Crippen LogP contribution in [0.15, 0.2) is 33.5 Å². The highest BCUT2D eigenvalue weighted by Gasteiger charge is 2.22. The summed E-state index contributed by atoms with van der Waals surface area (Å²) in [5, 5.41) is 0. The zero-order valence-corrected chi connectivity index (χ0v) is 9.50. The van der Waals surface area contributed by atoms with Crippen LogP contribution in [0.3, 0.4) is 0 Å². The number of rotatable bonds is 3. The van der Waals surface area contributed by atoms with E-state index in [-0.39, 0.29) is 5.76 Å². The standard InChI is InChI=1S/C12H15N3O2/c13-9-7-14(8-9)5-6-15-10-3-1-2-4-11(10)17-12(15)16/h1-4,9H,5-8,13H2. The maximum absolute atomic E-state index is 11.7. The van der Waals surface area contributed by atoms with Crippen LogP contribution in [0, 0.1) is 0 Å². The Kier molecular flexibility index (Phi) is 2.49. The summed E-state index contributed by atoms with van der Waals surface area (Å²) in [6, 6.07) is 7.79. The molecule has 0 aliphatic carbocycles. The van der Waals surface area contributed by atoms with Crippen LogP contribution in [0.2, 0.25) is 0 Å². The quantitative estimate of drug-likeness (QED) is 0.824. The van der Waals surface area contributed by atoms with Gasteiger partial charge in [0.25, 0.3) is 0 Å². The molecule has 0 radical (unpaired) electrons. The summed E-state index contributed by atoms with van der Waals surface area (Å²) in [6.07, 6.45) is 0. The van der Waals surface area contributed by atoms with Crippen molar-refractivity contribution in [1.82, 2.24) is 9.47 Å². The summed E-state index contributed by atoms with van der Waals surface area (Å²) in [5.41, 5.74) is 7.22. The first-order valence-corrected chi connectivity index (χ1v) is 5.80. The van der Waals surface area contributed by atoms with Gasteiger partial charge in [0.1, 0.15) is 0 Å². The van der Waals surface area contributed by atoms with Gasteiger partial charge in [0.15, 0.2) is 5.58 Å². The van der Waals surface area contributed by atoms with Gasteiger partial charge < -0.3 is 10.2 Å². The van der Waals surface area contributed by atoms with Crippen LogP contribution in [-0.2, 0) is 6.54 Å². The number of hydrogen-bond acceptors (Lipinski definition) is 4. The predicted octanol–water partition coefficient (Wildman–Crippen LogP) is 0.237. The second kappa shape index (κ2) is 4.01. The number of fused-ring (bicyclic) bond motifs is 1. The average Bonchev–Trinajstić information content (AvgIpc) is 2.59. The molecule has 5 heteroatoms. The predicted molar refractivity (Wildman–Crippen MR) is 64.9 cm³/mol. The normalized spacial score (nSPS) is 17.5. The summed E-state index contributed by atoms with van der Waals surface area (Å²) in [5.74, 6) is -0.281. The van der Waals surface area contributed by atoms with E-state index in [1.54, 1.807) is 4.57 Å². The first kappa shape index (κ1) is 10.6. The minimum absolute atomic E-state index is 0.281. The summed E-state index contributed by atoms with van der Waals surface area (Å²) < 4.78 is 6.85. The third kappa shape index (κ3) is 1.87. The molecule has 0 bridgehead atoms. The Morgan fingerprint density at radius 2 is 2.06 bits per heavy atom. The molecule has 0 unspecified atom stereocenters. The van der Waals surface area contributed by atoms with Gasteiger partial charge in [0.2, 0.25) is 0 Å². The molecule has 5 nitrogen and oxygen atoms in total. The van der Waals surface area contributed by atoms with Gasteiger partial charge in [-0.1, -0.05) is 12.1 Å². The van der Waals surface area contributed by atoms with E-state index < -0.39 is 0 Å². The molecule has 2 aromatic rings. The van der Waals surface area contributed by atoms with Gasteiger partial charge >= 0.3 is 5.76 Å². The van der Waals surface area contributed by atoms with E-state index in [1.807, 2.05) is 24.3 Å². The number of likely N-dealkylation sites (tertiary alicyclic amines) is 1. The van der Waals surface area contributed by atoms with E-state index in [9.17, 15) is 4.79 Å². The second-order valence-electron chi connectivity index (χ2n) is 4.51.